The summed E-state index contributed by atoms with van der Waals surface area (Å²) in [5.74, 6) is -0.472. The maximum atomic E-state index is 13.0. The number of benzene rings is 1. The van der Waals surface area contributed by atoms with E-state index in [0.29, 0.717) is 10.8 Å². The molecule has 1 rings (SSSR count). The number of hydrogen-bond donors (Lipinski definition) is 0. The van der Waals surface area contributed by atoms with E-state index in [2.05, 4.69) is 15.9 Å². The van der Waals surface area contributed by atoms with Crippen LogP contribution in [-0.4, -0.2) is 6.29 Å². The number of hydrogen-bond acceptors (Lipinski definition) is 1. The van der Waals surface area contributed by atoms with Crippen LogP contribution >= 0.6 is 15.9 Å². The summed E-state index contributed by atoms with van der Waals surface area (Å²) in [6.07, 6.45) is 0.520. The molecule has 0 aliphatic rings. The lowest BCUT2D eigenvalue weighted by molar-refractivity contribution is 0.111. The third kappa shape index (κ3) is 2.64. The molecule has 1 nitrogen and oxygen atoms in total. The normalized spacial score (nSPS) is 9.00. The van der Waals surface area contributed by atoms with Gasteiger partial charge in [0.05, 0.1) is 5.56 Å². The lowest BCUT2D eigenvalue weighted by Crippen LogP contribution is -1.94. The summed E-state index contributed by atoms with van der Waals surface area (Å²) >= 11 is 3.17. The zero-order valence-corrected chi connectivity index (χ0v) is 10.4. The quantitative estimate of drug-likeness (QED) is 0.697. The first-order valence-corrected chi connectivity index (χ1v) is 5.27. The molecule has 0 aromatic heterocycles. The van der Waals surface area contributed by atoms with E-state index in [1.807, 2.05) is 20.8 Å². The second-order valence-electron chi connectivity index (χ2n) is 2.65. The second kappa shape index (κ2) is 5.91. The Labute approximate surface area is 92.5 Å². The summed E-state index contributed by atoms with van der Waals surface area (Å²) in [6.45, 7) is 7.64. The van der Waals surface area contributed by atoms with Crippen LogP contribution in [0.25, 0.3) is 0 Å². The van der Waals surface area contributed by atoms with Crippen LogP contribution in [0, 0.1) is 19.7 Å². The molecular formula is C11H14BrFO. The third-order valence-corrected chi connectivity index (χ3v) is 2.90. The molecule has 1 aromatic rings. The first kappa shape index (κ1) is 13.3. The fourth-order valence-corrected chi connectivity index (χ4v) is 1.56. The summed E-state index contributed by atoms with van der Waals surface area (Å²) in [5.41, 5.74) is 1.83. The Morgan fingerprint density at radius 3 is 2.29 bits per heavy atom. The lowest BCUT2D eigenvalue weighted by atomic mass is 10.1. The number of carbonyl (C=O) groups is 1. The molecule has 0 saturated heterocycles. The number of carbonyl (C=O) groups excluding carboxylic acids is 1. The maximum Gasteiger partial charge on any atom is 0.154 e. The van der Waals surface area contributed by atoms with Crippen molar-refractivity contribution < 1.29 is 9.18 Å². The zero-order valence-electron chi connectivity index (χ0n) is 8.82. The van der Waals surface area contributed by atoms with Crippen LogP contribution in [0.1, 0.15) is 35.3 Å². The molecule has 0 atom stereocenters. The van der Waals surface area contributed by atoms with Gasteiger partial charge in [-0.25, -0.2) is 4.39 Å². The summed E-state index contributed by atoms with van der Waals surface area (Å²) in [6, 6.07) is 1.36. The molecule has 3 heteroatoms. The van der Waals surface area contributed by atoms with Crippen molar-refractivity contribution in [2.75, 3.05) is 0 Å². The van der Waals surface area contributed by atoms with Gasteiger partial charge in [0.1, 0.15) is 5.82 Å². The predicted molar refractivity (Wildman–Crippen MR) is 60.3 cm³/mol. The molecule has 78 valence electrons. The molecule has 0 N–H and O–H groups in total. The lowest BCUT2D eigenvalue weighted by Gasteiger charge is -2.05. The zero-order chi connectivity index (χ0) is 11.3. The van der Waals surface area contributed by atoms with Crippen molar-refractivity contribution in [2.45, 2.75) is 27.7 Å². The van der Waals surface area contributed by atoms with Crippen molar-refractivity contribution in [3.05, 3.63) is 33.0 Å². The largest absolute Gasteiger partial charge is 0.298 e. The van der Waals surface area contributed by atoms with Gasteiger partial charge >= 0.3 is 0 Å². The van der Waals surface area contributed by atoms with Gasteiger partial charge in [0.15, 0.2) is 6.29 Å². The van der Waals surface area contributed by atoms with E-state index >= 15 is 0 Å². The second-order valence-corrected chi connectivity index (χ2v) is 3.44. The molecule has 0 aliphatic carbocycles. The van der Waals surface area contributed by atoms with Crippen LogP contribution in [0.3, 0.4) is 0 Å². The molecule has 14 heavy (non-hydrogen) atoms. The molecule has 0 bridgehead atoms. The topological polar surface area (TPSA) is 17.1 Å². The monoisotopic (exact) mass is 260 g/mol. The average molecular weight is 261 g/mol. The van der Waals surface area contributed by atoms with Crippen molar-refractivity contribution in [3.8, 4) is 0 Å². The number of aldehydes is 1. The van der Waals surface area contributed by atoms with Crippen molar-refractivity contribution in [1.82, 2.24) is 0 Å². The van der Waals surface area contributed by atoms with E-state index in [9.17, 15) is 9.18 Å². The molecule has 0 fully saturated rings. The highest BCUT2D eigenvalue weighted by molar-refractivity contribution is 9.10. The van der Waals surface area contributed by atoms with Gasteiger partial charge in [-0.05, 0) is 47.0 Å². The van der Waals surface area contributed by atoms with Gasteiger partial charge in [0, 0.05) is 4.47 Å². The highest BCUT2D eigenvalue weighted by Gasteiger charge is 2.10. The Bertz CT molecular complexity index is 335. The Morgan fingerprint density at radius 2 is 1.86 bits per heavy atom. The van der Waals surface area contributed by atoms with E-state index in [-0.39, 0.29) is 5.56 Å². The Kier molecular flexibility index (Phi) is 5.62. The van der Waals surface area contributed by atoms with Crippen molar-refractivity contribution in [1.29, 1.82) is 0 Å². The minimum atomic E-state index is -0.472. The van der Waals surface area contributed by atoms with Gasteiger partial charge in [-0.2, -0.15) is 0 Å². The predicted octanol–water partition coefficient (Wildman–Crippen LogP) is 4.04. The van der Waals surface area contributed by atoms with Gasteiger partial charge in [-0.1, -0.05) is 13.8 Å². The van der Waals surface area contributed by atoms with Crippen LogP contribution in [0.2, 0.25) is 0 Å². The van der Waals surface area contributed by atoms with E-state index in [4.69, 9.17) is 0 Å². The first-order chi connectivity index (χ1) is 6.57. The molecule has 0 radical (unpaired) electrons. The Balaban J connectivity index is 0.000000791. The van der Waals surface area contributed by atoms with E-state index in [1.165, 1.54) is 6.07 Å². The molecule has 0 amide bonds. The van der Waals surface area contributed by atoms with E-state index in [0.717, 1.165) is 11.1 Å². The molecule has 1 aromatic carbocycles. The summed E-state index contributed by atoms with van der Waals surface area (Å²) in [7, 11) is 0. The standard InChI is InChI=1S/C9H8BrFO.C2H6/c1-5-3-8(11)7(4-12)9(10)6(5)2;1-2/h3-4H,1-2H3;1-2H3. The fraction of sp³-hybridized carbons (Fsp3) is 0.364. The van der Waals surface area contributed by atoms with Gasteiger partial charge in [-0.15, -0.1) is 0 Å². The number of aryl methyl sites for hydroxylation is 1. The number of halogens is 2. The van der Waals surface area contributed by atoms with Crippen LogP contribution in [0.15, 0.2) is 10.5 Å². The number of rotatable bonds is 1. The van der Waals surface area contributed by atoms with E-state index < -0.39 is 5.82 Å². The third-order valence-electron chi connectivity index (χ3n) is 1.88. The highest BCUT2D eigenvalue weighted by atomic mass is 79.9. The van der Waals surface area contributed by atoms with Gasteiger partial charge in [-0.3, -0.25) is 4.79 Å². The molecular weight excluding hydrogens is 247 g/mol. The smallest absolute Gasteiger partial charge is 0.154 e. The van der Waals surface area contributed by atoms with Gasteiger partial charge in [0.2, 0.25) is 0 Å². The van der Waals surface area contributed by atoms with Gasteiger partial charge < -0.3 is 0 Å². The van der Waals surface area contributed by atoms with Gasteiger partial charge in [0.25, 0.3) is 0 Å². The minimum absolute atomic E-state index is 0.0955. The average Bonchev–Trinajstić information content (AvgIpc) is 2.18. The van der Waals surface area contributed by atoms with Crippen LogP contribution < -0.4 is 0 Å². The summed E-state index contributed by atoms with van der Waals surface area (Å²) in [5, 5.41) is 0. The van der Waals surface area contributed by atoms with Crippen molar-refractivity contribution in [3.63, 3.8) is 0 Å². The summed E-state index contributed by atoms with van der Waals surface area (Å²) in [4.78, 5) is 10.4. The van der Waals surface area contributed by atoms with Crippen molar-refractivity contribution in [2.24, 2.45) is 0 Å². The Hall–Kier alpha value is -0.700. The SMILES string of the molecule is CC.Cc1cc(F)c(C=O)c(Br)c1C. The fourth-order valence-electron chi connectivity index (χ4n) is 0.964. The first-order valence-electron chi connectivity index (χ1n) is 4.48. The summed E-state index contributed by atoms with van der Waals surface area (Å²) < 4.78 is 13.6. The van der Waals surface area contributed by atoms with Crippen LogP contribution in [-0.2, 0) is 0 Å². The molecule has 0 saturated carbocycles. The molecule has 0 heterocycles. The van der Waals surface area contributed by atoms with Crippen LogP contribution in [0.5, 0.6) is 0 Å². The molecule has 0 unspecified atom stereocenters. The minimum Gasteiger partial charge on any atom is -0.298 e. The highest BCUT2D eigenvalue weighted by Crippen LogP contribution is 2.25. The van der Waals surface area contributed by atoms with Crippen LogP contribution in [0.4, 0.5) is 4.39 Å². The molecule has 0 aliphatic heterocycles. The molecule has 0 spiro atoms. The Morgan fingerprint density at radius 1 is 1.36 bits per heavy atom. The maximum absolute atomic E-state index is 13.0. The van der Waals surface area contributed by atoms with Crippen molar-refractivity contribution >= 4 is 22.2 Å². The van der Waals surface area contributed by atoms with E-state index in [1.54, 1.807) is 6.92 Å².